The van der Waals surface area contributed by atoms with Gasteiger partial charge in [-0.05, 0) is 25.0 Å². The van der Waals surface area contributed by atoms with Crippen molar-refractivity contribution in [2.24, 2.45) is 0 Å². The largest absolute Gasteiger partial charge is 0.305 e. The lowest BCUT2D eigenvalue weighted by Crippen LogP contribution is -2.50. The molecule has 2 aromatic rings. The van der Waals surface area contributed by atoms with Gasteiger partial charge in [-0.2, -0.15) is 0 Å². The standard InChI is InChI=1S/C19H24N2/c1-15-8-10-18(11-9-15)19-14-21(12-16(2)20-19)13-17-6-4-3-5-7-17/h3-11,16,19-20H,12-14H2,1-2H3. The average molecular weight is 280 g/mol. The highest BCUT2D eigenvalue weighted by Crippen LogP contribution is 2.21. The van der Waals surface area contributed by atoms with Crippen LogP contribution < -0.4 is 5.32 Å². The Morgan fingerprint density at radius 2 is 1.71 bits per heavy atom. The molecular weight excluding hydrogens is 256 g/mol. The van der Waals surface area contributed by atoms with Gasteiger partial charge in [0.05, 0.1) is 0 Å². The summed E-state index contributed by atoms with van der Waals surface area (Å²) >= 11 is 0. The van der Waals surface area contributed by atoms with Crippen molar-refractivity contribution in [3.63, 3.8) is 0 Å². The maximum absolute atomic E-state index is 3.73. The number of piperazine rings is 1. The zero-order valence-corrected chi connectivity index (χ0v) is 12.9. The lowest BCUT2D eigenvalue weighted by Gasteiger charge is -2.38. The van der Waals surface area contributed by atoms with Gasteiger partial charge in [0.2, 0.25) is 0 Å². The van der Waals surface area contributed by atoms with Gasteiger partial charge in [0.15, 0.2) is 0 Å². The molecule has 2 atom stereocenters. The van der Waals surface area contributed by atoms with Gasteiger partial charge in [-0.1, -0.05) is 60.2 Å². The summed E-state index contributed by atoms with van der Waals surface area (Å²) in [6.45, 7) is 7.63. The molecule has 3 rings (SSSR count). The van der Waals surface area contributed by atoms with Crippen LogP contribution in [0.15, 0.2) is 54.6 Å². The van der Waals surface area contributed by atoms with Gasteiger partial charge in [-0.15, -0.1) is 0 Å². The van der Waals surface area contributed by atoms with E-state index in [1.807, 2.05) is 0 Å². The van der Waals surface area contributed by atoms with Crippen molar-refractivity contribution in [1.29, 1.82) is 0 Å². The minimum Gasteiger partial charge on any atom is -0.305 e. The third-order valence-electron chi connectivity index (χ3n) is 4.19. The number of rotatable bonds is 3. The van der Waals surface area contributed by atoms with E-state index in [-0.39, 0.29) is 0 Å². The number of hydrogen-bond donors (Lipinski definition) is 1. The Balaban J connectivity index is 1.71. The topological polar surface area (TPSA) is 15.3 Å². The smallest absolute Gasteiger partial charge is 0.0451 e. The number of nitrogens with zero attached hydrogens (tertiary/aromatic N) is 1. The van der Waals surface area contributed by atoms with Crippen LogP contribution in [-0.2, 0) is 6.54 Å². The van der Waals surface area contributed by atoms with Gasteiger partial charge in [0, 0.05) is 31.7 Å². The number of nitrogens with one attached hydrogen (secondary N) is 1. The molecule has 2 aromatic carbocycles. The molecule has 0 bridgehead atoms. The maximum Gasteiger partial charge on any atom is 0.0451 e. The first kappa shape index (κ1) is 14.3. The molecule has 2 unspecified atom stereocenters. The van der Waals surface area contributed by atoms with E-state index in [0.29, 0.717) is 12.1 Å². The van der Waals surface area contributed by atoms with Crippen LogP contribution in [0.25, 0.3) is 0 Å². The molecule has 1 N–H and O–H groups in total. The molecule has 1 aliphatic rings. The zero-order valence-electron chi connectivity index (χ0n) is 12.9. The van der Waals surface area contributed by atoms with E-state index >= 15 is 0 Å². The van der Waals surface area contributed by atoms with Gasteiger partial charge in [0.25, 0.3) is 0 Å². The van der Waals surface area contributed by atoms with E-state index in [4.69, 9.17) is 0 Å². The summed E-state index contributed by atoms with van der Waals surface area (Å²) in [7, 11) is 0. The Morgan fingerprint density at radius 1 is 1.00 bits per heavy atom. The van der Waals surface area contributed by atoms with Crippen LogP contribution in [-0.4, -0.2) is 24.0 Å². The zero-order chi connectivity index (χ0) is 14.7. The fourth-order valence-electron chi connectivity index (χ4n) is 3.14. The van der Waals surface area contributed by atoms with Gasteiger partial charge in [-0.3, -0.25) is 4.90 Å². The minimum atomic E-state index is 0.429. The molecule has 1 saturated heterocycles. The molecule has 1 fully saturated rings. The second-order valence-electron chi connectivity index (χ2n) is 6.21. The monoisotopic (exact) mass is 280 g/mol. The predicted octanol–water partition coefficient (Wildman–Crippen LogP) is 3.53. The molecule has 0 radical (unpaired) electrons. The Hall–Kier alpha value is -1.64. The summed E-state index contributed by atoms with van der Waals surface area (Å²) in [5.74, 6) is 0. The van der Waals surface area contributed by atoms with Crippen molar-refractivity contribution in [3.8, 4) is 0 Å². The van der Waals surface area contributed by atoms with Gasteiger partial charge in [0.1, 0.15) is 0 Å². The van der Waals surface area contributed by atoms with E-state index in [2.05, 4.69) is 78.7 Å². The lowest BCUT2D eigenvalue weighted by atomic mass is 10.0. The van der Waals surface area contributed by atoms with Crippen LogP contribution in [0.4, 0.5) is 0 Å². The van der Waals surface area contributed by atoms with Crippen LogP contribution >= 0.6 is 0 Å². The first-order valence-electron chi connectivity index (χ1n) is 7.79. The summed E-state index contributed by atoms with van der Waals surface area (Å²) in [4.78, 5) is 2.56. The van der Waals surface area contributed by atoms with Crippen molar-refractivity contribution in [3.05, 3.63) is 71.3 Å². The summed E-state index contributed by atoms with van der Waals surface area (Å²) in [6, 6.07) is 20.6. The third-order valence-corrected chi connectivity index (χ3v) is 4.19. The van der Waals surface area contributed by atoms with Gasteiger partial charge >= 0.3 is 0 Å². The number of hydrogen-bond acceptors (Lipinski definition) is 2. The third kappa shape index (κ3) is 3.72. The van der Waals surface area contributed by atoms with E-state index < -0.39 is 0 Å². The molecule has 1 aliphatic heterocycles. The van der Waals surface area contributed by atoms with Crippen molar-refractivity contribution in [2.45, 2.75) is 32.5 Å². The average Bonchev–Trinajstić information content (AvgIpc) is 2.48. The Bertz CT molecular complexity index is 562. The van der Waals surface area contributed by atoms with E-state index in [1.165, 1.54) is 16.7 Å². The van der Waals surface area contributed by atoms with Crippen LogP contribution in [0, 0.1) is 6.92 Å². The molecule has 2 nitrogen and oxygen atoms in total. The molecule has 0 saturated carbocycles. The normalized spacial score (nSPS) is 23.1. The molecular formula is C19H24N2. The second-order valence-corrected chi connectivity index (χ2v) is 6.21. The highest BCUT2D eigenvalue weighted by atomic mass is 15.2. The molecule has 0 aliphatic carbocycles. The minimum absolute atomic E-state index is 0.429. The summed E-state index contributed by atoms with van der Waals surface area (Å²) in [5.41, 5.74) is 4.11. The van der Waals surface area contributed by atoms with Crippen molar-refractivity contribution < 1.29 is 0 Å². The maximum atomic E-state index is 3.73. The summed E-state index contributed by atoms with van der Waals surface area (Å²) in [5, 5.41) is 3.73. The van der Waals surface area contributed by atoms with Crippen molar-refractivity contribution in [2.75, 3.05) is 13.1 Å². The Kier molecular flexibility index (Phi) is 4.37. The van der Waals surface area contributed by atoms with Gasteiger partial charge in [-0.25, -0.2) is 0 Å². The van der Waals surface area contributed by atoms with Crippen LogP contribution in [0.2, 0.25) is 0 Å². The Morgan fingerprint density at radius 3 is 2.43 bits per heavy atom. The van der Waals surface area contributed by atoms with Crippen molar-refractivity contribution >= 4 is 0 Å². The van der Waals surface area contributed by atoms with E-state index in [1.54, 1.807) is 0 Å². The summed E-state index contributed by atoms with van der Waals surface area (Å²) in [6.07, 6.45) is 0. The van der Waals surface area contributed by atoms with Crippen molar-refractivity contribution in [1.82, 2.24) is 10.2 Å². The van der Waals surface area contributed by atoms with Crippen LogP contribution in [0.3, 0.4) is 0 Å². The predicted molar refractivity (Wildman–Crippen MR) is 88.2 cm³/mol. The summed E-state index contributed by atoms with van der Waals surface area (Å²) < 4.78 is 0. The number of benzene rings is 2. The van der Waals surface area contributed by atoms with E-state index in [9.17, 15) is 0 Å². The Labute approximate surface area is 127 Å². The SMILES string of the molecule is Cc1ccc(C2CN(Cc3ccccc3)CC(C)N2)cc1. The fraction of sp³-hybridized carbons (Fsp3) is 0.368. The second kappa shape index (κ2) is 6.42. The van der Waals surface area contributed by atoms with Crippen LogP contribution in [0.5, 0.6) is 0 Å². The molecule has 0 amide bonds. The fourth-order valence-corrected chi connectivity index (χ4v) is 3.14. The lowest BCUT2D eigenvalue weighted by molar-refractivity contribution is 0.160. The quantitative estimate of drug-likeness (QED) is 0.925. The van der Waals surface area contributed by atoms with E-state index in [0.717, 1.165) is 19.6 Å². The first-order valence-corrected chi connectivity index (χ1v) is 7.79. The van der Waals surface area contributed by atoms with Crippen LogP contribution in [0.1, 0.15) is 29.7 Å². The first-order chi connectivity index (χ1) is 10.2. The molecule has 110 valence electrons. The molecule has 0 aromatic heterocycles. The molecule has 0 spiro atoms. The molecule has 2 heteroatoms. The molecule has 1 heterocycles. The molecule has 21 heavy (non-hydrogen) atoms. The van der Waals surface area contributed by atoms with Gasteiger partial charge < -0.3 is 5.32 Å². The highest BCUT2D eigenvalue weighted by molar-refractivity contribution is 5.25. The number of aryl methyl sites for hydroxylation is 1. The highest BCUT2D eigenvalue weighted by Gasteiger charge is 2.24.